The van der Waals surface area contributed by atoms with Gasteiger partial charge >= 0.3 is 5.97 Å². The minimum Gasteiger partial charge on any atom is -0.497 e. The number of anilines is 1. The summed E-state index contributed by atoms with van der Waals surface area (Å²) in [6, 6.07) is 7.79. The second-order valence-corrected chi connectivity index (χ2v) is 7.57. The van der Waals surface area contributed by atoms with Crippen molar-refractivity contribution in [2.75, 3.05) is 31.7 Å². The van der Waals surface area contributed by atoms with Gasteiger partial charge in [-0.1, -0.05) is 0 Å². The SMILES string of the molecule is CCOC(=O)C1CCCN(c2nnc(C)c3c(C)n(-c4ccc(OC)cc4)nc23)C1. The first-order valence-electron chi connectivity index (χ1n) is 10.3. The van der Waals surface area contributed by atoms with Gasteiger partial charge in [0.25, 0.3) is 0 Å². The fourth-order valence-corrected chi connectivity index (χ4v) is 4.12. The Labute approximate surface area is 175 Å². The molecule has 1 aliphatic heterocycles. The molecule has 0 bridgehead atoms. The molecule has 0 aliphatic carbocycles. The zero-order valence-corrected chi connectivity index (χ0v) is 17.9. The lowest BCUT2D eigenvalue weighted by Gasteiger charge is -2.32. The van der Waals surface area contributed by atoms with Crippen molar-refractivity contribution in [3.63, 3.8) is 0 Å². The van der Waals surface area contributed by atoms with E-state index in [9.17, 15) is 4.79 Å². The zero-order chi connectivity index (χ0) is 21.3. The van der Waals surface area contributed by atoms with Gasteiger partial charge in [-0.3, -0.25) is 4.79 Å². The molecule has 3 aromatic rings. The molecule has 1 aromatic carbocycles. The fourth-order valence-electron chi connectivity index (χ4n) is 4.12. The first-order valence-corrected chi connectivity index (χ1v) is 10.3. The monoisotopic (exact) mass is 409 g/mol. The summed E-state index contributed by atoms with van der Waals surface area (Å²) in [6.07, 6.45) is 1.73. The molecule has 4 rings (SSSR count). The summed E-state index contributed by atoms with van der Waals surface area (Å²) in [7, 11) is 1.65. The van der Waals surface area contributed by atoms with Crippen LogP contribution in [-0.4, -0.2) is 52.8 Å². The van der Waals surface area contributed by atoms with Crippen molar-refractivity contribution in [1.29, 1.82) is 0 Å². The van der Waals surface area contributed by atoms with Crippen molar-refractivity contribution in [2.45, 2.75) is 33.6 Å². The number of aryl methyl sites for hydroxylation is 2. The Morgan fingerprint density at radius 2 is 1.97 bits per heavy atom. The molecule has 8 heteroatoms. The van der Waals surface area contributed by atoms with E-state index in [1.807, 2.05) is 49.7 Å². The maximum atomic E-state index is 12.3. The summed E-state index contributed by atoms with van der Waals surface area (Å²) in [5.74, 6) is 1.23. The van der Waals surface area contributed by atoms with Crippen molar-refractivity contribution in [1.82, 2.24) is 20.0 Å². The number of carbonyl (C=O) groups is 1. The molecular formula is C22H27N5O3. The number of methoxy groups -OCH3 is 1. The summed E-state index contributed by atoms with van der Waals surface area (Å²) < 4.78 is 12.4. The lowest BCUT2D eigenvalue weighted by atomic mass is 9.98. The van der Waals surface area contributed by atoms with E-state index < -0.39 is 0 Å². The highest BCUT2D eigenvalue weighted by atomic mass is 16.5. The van der Waals surface area contributed by atoms with E-state index in [0.717, 1.165) is 58.9 Å². The molecule has 1 unspecified atom stereocenters. The predicted molar refractivity (Wildman–Crippen MR) is 114 cm³/mol. The molecule has 3 heterocycles. The smallest absolute Gasteiger partial charge is 0.310 e. The Balaban J connectivity index is 1.74. The Kier molecular flexibility index (Phi) is 5.57. The van der Waals surface area contributed by atoms with Crippen LogP contribution in [0.25, 0.3) is 16.6 Å². The number of carbonyl (C=O) groups excluding carboxylic acids is 1. The Morgan fingerprint density at radius 3 is 2.67 bits per heavy atom. The third-order valence-corrected chi connectivity index (χ3v) is 5.64. The number of aromatic nitrogens is 4. The maximum absolute atomic E-state index is 12.3. The van der Waals surface area contributed by atoms with Gasteiger partial charge in [-0.2, -0.15) is 10.2 Å². The van der Waals surface area contributed by atoms with Crippen LogP contribution in [0.5, 0.6) is 5.75 Å². The number of rotatable bonds is 5. The molecule has 0 N–H and O–H groups in total. The van der Waals surface area contributed by atoms with E-state index in [-0.39, 0.29) is 11.9 Å². The number of benzene rings is 1. The molecule has 1 saturated heterocycles. The van der Waals surface area contributed by atoms with Crippen LogP contribution in [-0.2, 0) is 9.53 Å². The fraction of sp³-hybridized carbons (Fsp3) is 0.455. The van der Waals surface area contributed by atoms with Crippen LogP contribution in [0.1, 0.15) is 31.2 Å². The maximum Gasteiger partial charge on any atom is 0.310 e. The first-order chi connectivity index (χ1) is 14.5. The molecule has 0 radical (unpaired) electrons. The first kappa shape index (κ1) is 20.1. The average Bonchev–Trinajstić information content (AvgIpc) is 3.12. The highest BCUT2D eigenvalue weighted by molar-refractivity contribution is 5.92. The Morgan fingerprint density at radius 1 is 1.20 bits per heavy atom. The molecule has 1 aliphatic rings. The van der Waals surface area contributed by atoms with Crippen LogP contribution in [0, 0.1) is 19.8 Å². The van der Waals surface area contributed by atoms with Gasteiger partial charge in [0.2, 0.25) is 0 Å². The van der Waals surface area contributed by atoms with Gasteiger partial charge in [-0.25, -0.2) is 4.68 Å². The summed E-state index contributed by atoms with van der Waals surface area (Å²) >= 11 is 0. The van der Waals surface area contributed by atoms with E-state index in [4.69, 9.17) is 14.6 Å². The van der Waals surface area contributed by atoms with Gasteiger partial charge in [0.1, 0.15) is 11.3 Å². The minimum atomic E-state index is -0.151. The molecule has 0 saturated carbocycles. The minimum absolute atomic E-state index is 0.140. The van der Waals surface area contributed by atoms with Gasteiger partial charge in [-0.05, 0) is 57.9 Å². The summed E-state index contributed by atoms with van der Waals surface area (Å²) in [5.41, 5.74) is 3.59. The Hall–Kier alpha value is -3.16. The van der Waals surface area contributed by atoms with Crippen LogP contribution >= 0.6 is 0 Å². The van der Waals surface area contributed by atoms with Crippen LogP contribution in [0.15, 0.2) is 24.3 Å². The molecule has 8 nitrogen and oxygen atoms in total. The van der Waals surface area contributed by atoms with Gasteiger partial charge in [0.05, 0.1) is 42.1 Å². The van der Waals surface area contributed by atoms with Crippen LogP contribution in [0.3, 0.4) is 0 Å². The topological polar surface area (TPSA) is 82.4 Å². The molecule has 30 heavy (non-hydrogen) atoms. The molecular weight excluding hydrogens is 382 g/mol. The van der Waals surface area contributed by atoms with E-state index >= 15 is 0 Å². The van der Waals surface area contributed by atoms with E-state index in [1.165, 1.54) is 0 Å². The van der Waals surface area contributed by atoms with Crippen molar-refractivity contribution >= 4 is 22.7 Å². The second-order valence-electron chi connectivity index (χ2n) is 7.57. The van der Waals surface area contributed by atoms with Crippen LogP contribution in [0.2, 0.25) is 0 Å². The predicted octanol–water partition coefficient (Wildman–Crippen LogP) is 3.22. The molecule has 1 atom stereocenters. The number of hydrogen-bond donors (Lipinski definition) is 0. The lowest BCUT2D eigenvalue weighted by Crippen LogP contribution is -2.40. The number of nitrogens with zero attached hydrogens (tertiary/aromatic N) is 5. The van der Waals surface area contributed by atoms with E-state index in [2.05, 4.69) is 15.1 Å². The third-order valence-electron chi connectivity index (χ3n) is 5.64. The molecule has 2 aromatic heterocycles. The van der Waals surface area contributed by atoms with Crippen molar-refractivity contribution in [3.05, 3.63) is 35.7 Å². The van der Waals surface area contributed by atoms with Gasteiger partial charge in [0, 0.05) is 13.1 Å². The van der Waals surface area contributed by atoms with E-state index in [0.29, 0.717) is 13.2 Å². The summed E-state index contributed by atoms with van der Waals surface area (Å²) in [5, 5.41) is 14.8. The Bertz CT molecular complexity index is 1060. The summed E-state index contributed by atoms with van der Waals surface area (Å²) in [4.78, 5) is 14.4. The number of ether oxygens (including phenoxy) is 2. The average molecular weight is 409 g/mol. The van der Waals surface area contributed by atoms with Gasteiger partial charge in [0.15, 0.2) is 5.82 Å². The highest BCUT2D eigenvalue weighted by Crippen LogP contribution is 2.32. The molecule has 0 amide bonds. The lowest BCUT2D eigenvalue weighted by molar-refractivity contribution is -0.148. The van der Waals surface area contributed by atoms with Crippen LogP contribution < -0.4 is 9.64 Å². The third kappa shape index (κ3) is 3.58. The van der Waals surface area contributed by atoms with Crippen LogP contribution in [0.4, 0.5) is 5.82 Å². The largest absolute Gasteiger partial charge is 0.497 e. The number of hydrogen-bond acceptors (Lipinski definition) is 7. The quantitative estimate of drug-likeness (QED) is 0.598. The number of esters is 1. The van der Waals surface area contributed by atoms with E-state index in [1.54, 1.807) is 7.11 Å². The molecule has 1 fully saturated rings. The van der Waals surface area contributed by atoms with Crippen molar-refractivity contribution in [2.24, 2.45) is 5.92 Å². The van der Waals surface area contributed by atoms with Gasteiger partial charge in [-0.15, -0.1) is 5.10 Å². The summed E-state index contributed by atoms with van der Waals surface area (Å²) in [6.45, 7) is 7.61. The normalized spacial score (nSPS) is 16.7. The molecule has 158 valence electrons. The van der Waals surface area contributed by atoms with Crippen molar-refractivity contribution < 1.29 is 14.3 Å². The molecule has 0 spiro atoms. The number of fused-ring (bicyclic) bond motifs is 1. The standard InChI is InChI=1S/C22H27N5O3/c1-5-30-22(28)16-7-6-12-26(13-16)21-20-19(14(2)23-24-21)15(3)27(25-20)17-8-10-18(29-4)11-9-17/h8-11,16H,5-7,12-13H2,1-4H3. The van der Waals surface area contributed by atoms with Crippen molar-refractivity contribution in [3.8, 4) is 11.4 Å². The zero-order valence-electron chi connectivity index (χ0n) is 17.9. The van der Waals surface area contributed by atoms with Gasteiger partial charge < -0.3 is 14.4 Å². The second kappa shape index (κ2) is 8.30. The number of piperidine rings is 1. The highest BCUT2D eigenvalue weighted by Gasteiger charge is 2.30.